The Morgan fingerprint density at radius 1 is 1.23 bits per heavy atom. The molecule has 26 heavy (non-hydrogen) atoms. The second-order valence-corrected chi connectivity index (χ2v) is 9.57. The maximum atomic E-state index is 13.2. The molecule has 146 valence electrons. The fraction of sp³-hybridized carbons (Fsp3) is 0.857. The number of hydrogen-bond donors (Lipinski definition) is 1. The van der Waals surface area contributed by atoms with E-state index in [4.69, 9.17) is 0 Å². The predicted molar refractivity (Wildman–Crippen MR) is 92.2 cm³/mol. The van der Waals surface area contributed by atoms with Crippen molar-refractivity contribution in [1.82, 2.24) is 0 Å². The first kappa shape index (κ1) is 18.5. The third kappa shape index (κ3) is 2.68. The van der Waals surface area contributed by atoms with Crippen LogP contribution in [0, 0.1) is 40.9 Å². The van der Waals surface area contributed by atoms with Crippen LogP contribution >= 0.6 is 0 Å². The Balaban J connectivity index is 1.63. The van der Waals surface area contributed by atoms with E-state index in [0.29, 0.717) is 36.5 Å². The monoisotopic (exact) mass is 370 g/mol. The van der Waals surface area contributed by atoms with Crippen LogP contribution in [0.3, 0.4) is 0 Å². The van der Waals surface area contributed by atoms with Crippen molar-refractivity contribution in [2.24, 2.45) is 40.9 Å². The number of aliphatic hydroxyl groups is 1. The minimum Gasteiger partial charge on any atom is -0.383 e. The summed E-state index contributed by atoms with van der Waals surface area (Å²) < 4.78 is 39.6. The maximum Gasteiger partial charge on any atom is 0.414 e. The van der Waals surface area contributed by atoms with Gasteiger partial charge in [-0.25, -0.2) is 0 Å². The van der Waals surface area contributed by atoms with Gasteiger partial charge in [0.05, 0.1) is 0 Å². The Kier molecular flexibility index (Phi) is 4.33. The molecule has 0 spiro atoms. The average molecular weight is 370 g/mol. The molecule has 3 saturated carbocycles. The summed E-state index contributed by atoms with van der Waals surface area (Å²) in [6, 6.07) is 0. The Labute approximate surface area is 153 Å². The van der Waals surface area contributed by atoms with Gasteiger partial charge in [0.15, 0.2) is 11.9 Å². The van der Waals surface area contributed by atoms with Gasteiger partial charge >= 0.3 is 6.18 Å². The van der Waals surface area contributed by atoms with Gasteiger partial charge in [-0.3, -0.25) is 4.79 Å². The Morgan fingerprint density at radius 3 is 2.65 bits per heavy atom. The number of carbonyl (C=O) groups excluding carboxylic acids is 1. The molecule has 3 fully saturated rings. The summed E-state index contributed by atoms with van der Waals surface area (Å²) in [6.45, 7) is 4.22. The highest BCUT2D eigenvalue weighted by Crippen LogP contribution is 2.65. The van der Waals surface area contributed by atoms with Crippen molar-refractivity contribution < 1.29 is 23.1 Å². The summed E-state index contributed by atoms with van der Waals surface area (Å²) in [4.78, 5) is 11.8. The van der Waals surface area contributed by atoms with Crippen LogP contribution in [0.2, 0.25) is 0 Å². The van der Waals surface area contributed by atoms with Crippen molar-refractivity contribution in [3.05, 3.63) is 11.6 Å². The molecular formula is C21H29F3O2. The van der Waals surface area contributed by atoms with Crippen LogP contribution < -0.4 is 0 Å². The van der Waals surface area contributed by atoms with Crippen molar-refractivity contribution >= 4 is 5.78 Å². The molecule has 4 aliphatic carbocycles. The van der Waals surface area contributed by atoms with E-state index < -0.39 is 23.6 Å². The van der Waals surface area contributed by atoms with Crippen LogP contribution in [0.4, 0.5) is 13.2 Å². The van der Waals surface area contributed by atoms with E-state index in [1.807, 2.05) is 13.0 Å². The van der Waals surface area contributed by atoms with Gasteiger partial charge in [0, 0.05) is 6.42 Å². The molecule has 0 aliphatic heterocycles. The fourth-order valence-electron chi connectivity index (χ4n) is 7.38. The molecule has 0 saturated heterocycles. The van der Waals surface area contributed by atoms with Crippen molar-refractivity contribution in [2.75, 3.05) is 0 Å². The van der Waals surface area contributed by atoms with Crippen LogP contribution in [-0.2, 0) is 4.79 Å². The number of carbonyl (C=O) groups is 1. The number of rotatable bonds is 1. The maximum absolute atomic E-state index is 13.2. The van der Waals surface area contributed by atoms with Gasteiger partial charge in [-0.05, 0) is 85.5 Å². The highest BCUT2D eigenvalue weighted by atomic mass is 19.4. The van der Waals surface area contributed by atoms with Crippen molar-refractivity contribution in [3.8, 4) is 0 Å². The smallest absolute Gasteiger partial charge is 0.383 e. The topological polar surface area (TPSA) is 37.3 Å². The van der Waals surface area contributed by atoms with Crippen LogP contribution in [0.15, 0.2) is 11.6 Å². The Hall–Kier alpha value is -0.840. The number of hydrogen-bond acceptors (Lipinski definition) is 2. The van der Waals surface area contributed by atoms with Gasteiger partial charge < -0.3 is 5.11 Å². The summed E-state index contributed by atoms with van der Waals surface area (Å²) in [5.41, 5.74) is 0.874. The molecule has 1 N–H and O–H groups in total. The fourth-order valence-corrected chi connectivity index (χ4v) is 7.38. The first-order chi connectivity index (χ1) is 12.1. The Morgan fingerprint density at radius 2 is 1.96 bits per heavy atom. The van der Waals surface area contributed by atoms with Gasteiger partial charge in [0.1, 0.15) is 0 Å². The molecule has 0 aromatic rings. The normalized spacial score (nSPS) is 46.8. The van der Waals surface area contributed by atoms with Gasteiger partial charge in [-0.2, -0.15) is 13.2 Å². The van der Waals surface area contributed by atoms with Crippen molar-refractivity contribution in [3.63, 3.8) is 0 Å². The molecule has 8 atom stereocenters. The average Bonchev–Trinajstić information content (AvgIpc) is 2.89. The van der Waals surface area contributed by atoms with Gasteiger partial charge in [-0.1, -0.05) is 19.4 Å². The van der Waals surface area contributed by atoms with Crippen molar-refractivity contribution in [1.29, 1.82) is 0 Å². The molecule has 4 rings (SSSR count). The lowest BCUT2D eigenvalue weighted by Gasteiger charge is -2.56. The van der Waals surface area contributed by atoms with Crippen LogP contribution in [0.25, 0.3) is 0 Å². The lowest BCUT2D eigenvalue weighted by atomic mass is 9.48. The van der Waals surface area contributed by atoms with Crippen LogP contribution in [0.1, 0.15) is 58.8 Å². The first-order valence-electron chi connectivity index (χ1n) is 10.1. The lowest BCUT2D eigenvalue weighted by Crippen LogP contribution is -2.52. The van der Waals surface area contributed by atoms with Crippen molar-refractivity contribution in [2.45, 2.75) is 71.1 Å². The second-order valence-electron chi connectivity index (χ2n) is 9.57. The number of fused-ring (bicyclic) bond motifs is 5. The molecule has 0 aromatic carbocycles. The summed E-state index contributed by atoms with van der Waals surface area (Å²) in [5.74, 6) is 1.59. The molecule has 0 unspecified atom stereocenters. The predicted octanol–water partition coefficient (Wildman–Crippen LogP) is 4.91. The van der Waals surface area contributed by atoms with E-state index in [-0.39, 0.29) is 11.7 Å². The quantitative estimate of drug-likeness (QED) is 0.712. The summed E-state index contributed by atoms with van der Waals surface area (Å²) >= 11 is 0. The number of allylic oxidation sites excluding steroid dienone is 1. The number of aliphatic hydroxyl groups excluding tert-OH is 1. The van der Waals surface area contributed by atoms with E-state index >= 15 is 0 Å². The minimum absolute atomic E-state index is 0.233. The molecule has 2 nitrogen and oxygen atoms in total. The van der Waals surface area contributed by atoms with E-state index in [1.165, 1.54) is 5.57 Å². The van der Waals surface area contributed by atoms with E-state index in [1.54, 1.807) is 0 Å². The molecular weight excluding hydrogens is 341 g/mol. The lowest BCUT2D eigenvalue weighted by molar-refractivity contribution is -0.233. The van der Waals surface area contributed by atoms with E-state index in [9.17, 15) is 23.1 Å². The Bertz CT molecular complexity index is 625. The molecule has 5 heteroatoms. The molecule has 0 radical (unpaired) electrons. The summed E-state index contributed by atoms with van der Waals surface area (Å²) in [7, 11) is 0. The zero-order valence-electron chi connectivity index (χ0n) is 15.6. The summed E-state index contributed by atoms with van der Waals surface area (Å²) in [5, 5.41) is 10.00. The third-order valence-corrected chi connectivity index (χ3v) is 8.43. The standard InChI is InChI=1S/C21H29F3O2/c1-11-9-12-10-13(25)3-4-14(12)15-7-8-20(2)16(18(11)15)5-6-17(20)19(26)21(22,23)24/h10-11,14-19,26H,3-9H2,1-2H3/t11-,14+,15-,16-,17-,18-,19+,20+/m1/s1. The largest absolute Gasteiger partial charge is 0.414 e. The number of ketones is 1. The van der Waals surface area contributed by atoms with E-state index in [0.717, 1.165) is 32.1 Å². The first-order valence-corrected chi connectivity index (χ1v) is 10.1. The molecule has 0 bridgehead atoms. The zero-order valence-corrected chi connectivity index (χ0v) is 15.6. The van der Waals surface area contributed by atoms with Gasteiger partial charge in [-0.15, -0.1) is 0 Å². The van der Waals surface area contributed by atoms with Gasteiger partial charge in [0.25, 0.3) is 0 Å². The number of halogens is 3. The van der Waals surface area contributed by atoms with Crippen LogP contribution in [-0.4, -0.2) is 23.2 Å². The molecule has 0 aromatic heterocycles. The highest BCUT2D eigenvalue weighted by Gasteiger charge is 2.61. The number of alkyl halides is 3. The molecule has 0 heterocycles. The van der Waals surface area contributed by atoms with Crippen LogP contribution in [0.5, 0.6) is 0 Å². The second kappa shape index (κ2) is 6.08. The minimum atomic E-state index is -4.53. The molecule has 4 aliphatic rings. The SMILES string of the molecule is C[C@@H]1CC2=CC(=O)CC[C@@H]2[C@H]2CC[C@@]3(C)[C@H](CC[C@@H]3[C@H](O)C(F)(F)F)[C@@H]21. The van der Waals surface area contributed by atoms with E-state index in [2.05, 4.69) is 6.92 Å². The molecule has 0 amide bonds. The highest BCUT2D eigenvalue weighted by molar-refractivity contribution is 5.91. The van der Waals surface area contributed by atoms with Gasteiger partial charge in [0.2, 0.25) is 0 Å². The zero-order chi connectivity index (χ0) is 18.9. The third-order valence-electron chi connectivity index (χ3n) is 8.43. The summed E-state index contributed by atoms with van der Waals surface area (Å²) in [6.07, 6.45) is 0.539.